The monoisotopic (exact) mass is 273 g/mol. The highest BCUT2D eigenvalue weighted by molar-refractivity contribution is 5.85. The smallest absolute Gasteiger partial charge is 0.121 e. The van der Waals surface area contributed by atoms with Gasteiger partial charge >= 0.3 is 0 Å². The molecule has 0 aliphatic heterocycles. The number of phenols is 1. The Morgan fingerprint density at radius 3 is 2.17 bits per heavy atom. The Morgan fingerprint density at radius 1 is 1.22 bits per heavy atom. The summed E-state index contributed by atoms with van der Waals surface area (Å²) in [5.41, 5.74) is 8.53. The quantitative estimate of drug-likeness (QED) is 0.773. The van der Waals surface area contributed by atoms with Gasteiger partial charge < -0.3 is 15.9 Å². The maximum atomic E-state index is 9.97. The first-order valence-electron chi connectivity index (χ1n) is 6.21. The van der Waals surface area contributed by atoms with Gasteiger partial charge in [-0.15, -0.1) is 12.4 Å². The first-order chi connectivity index (χ1) is 7.97. The third-order valence-corrected chi connectivity index (χ3v) is 3.17. The van der Waals surface area contributed by atoms with Crippen LogP contribution in [0.4, 0.5) is 0 Å². The number of unbranched alkanes of at least 4 members (excludes halogenated alkanes) is 1. The number of halogens is 1. The average molecular weight is 274 g/mol. The fraction of sp³-hybridized carbons (Fsp3) is 0.571. The fourth-order valence-corrected chi connectivity index (χ4v) is 2.00. The van der Waals surface area contributed by atoms with Crippen molar-refractivity contribution in [1.29, 1.82) is 0 Å². The standard InChI is InChI=1S/C14H23NO2.ClH/c1-4-5-6-12(16)13(15)11-7-9(2)14(17)10(3)8-11;/h7-8,12-13,16-17H,4-6,15H2,1-3H3;1H/t12-,13+;/m1./s1. The molecular formula is C14H24ClNO2. The maximum absolute atomic E-state index is 9.97. The number of nitrogens with two attached hydrogens (primary N) is 1. The van der Waals surface area contributed by atoms with Crippen molar-refractivity contribution < 1.29 is 10.2 Å². The number of hydrogen-bond acceptors (Lipinski definition) is 3. The molecule has 0 spiro atoms. The highest BCUT2D eigenvalue weighted by Gasteiger charge is 2.17. The Balaban J connectivity index is 0.00000289. The van der Waals surface area contributed by atoms with Crippen molar-refractivity contribution in [3.05, 3.63) is 28.8 Å². The SMILES string of the molecule is CCCC[C@@H](O)[C@@H](N)c1cc(C)c(O)c(C)c1.Cl. The molecule has 0 fully saturated rings. The van der Waals surface area contributed by atoms with Crippen molar-refractivity contribution in [2.45, 2.75) is 52.2 Å². The normalized spacial score (nSPS) is 13.8. The van der Waals surface area contributed by atoms with Crippen LogP contribution in [-0.2, 0) is 0 Å². The summed E-state index contributed by atoms with van der Waals surface area (Å²) in [6.45, 7) is 5.78. The minimum absolute atomic E-state index is 0. The van der Waals surface area contributed by atoms with Crippen LogP contribution in [0.5, 0.6) is 5.75 Å². The summed E-state index contributed by atoms with van der Waals surface area (Å²) in [5.74, 6) is 0.309. The third kappa shape index (κ3) is 4.16. The number of aromatic hydroxyl groups is 1. The van der Waals surface area contributed by atoms with Crippen LogP contribution in [0.3, 0.4) is 0 Å². The van der Waals surface area contributed by atoms with E-state index in [1.807, 2.05) is 26.0 Å². The highest BCUT2D eigenvalue weighted by Crippen LogP contribution is 2.27. The Kier molecular flexibility index (Phi) is 7.29. The van der Waals surface area contributed by atoms with E-state index in [0.29, 0.717) is 5.75 Å². The Hall–Kier alpha value is -0.770. The summed E-state index contributed by atoms with van der Waals surface area (Å²) in [6.07, 6.45) is 2.23. The van der Waals surface area contributed by atoms with E-state index in [4.69, 9.17) is 5.73 Å². The van der Waals surface area contributed by atoms with Crippen LogP contribution in [0.2, 0.25) is 0 Å². The molecule has 0 aliphatic carbocycles. The second kappa shape index (κ2) is 7.62. The molecule has 0 heterocycles. The third-order valence-electron chi connectivity index (χ3n) is 3.17. The van der Waals surface area contributed by atoms with Gasteiger partial charge in [-0.2, -0.15) is 0 Å². The molecule has 0 radical (unpaired) electrons. The van der Waals surface area contributed by atoms with E-state index in [1.54, 1.807) is 0 Å². The molecule has 1 rings (SSSR count). The van der Waals surface area contributed by atoms with Crippen LogP contribution in [-0.4, -0.2) is 16.3 Å². The molecule has 4 N–H and O–H groups in total. The van der Waals surface area contributed by atoms with Crippen molar-refractivity contribution in [3.8, 4) is 5.75 Å². The molecule has 0 unspecified atom stereocenters. The first kappa shape index (κ1) is 17.2. The van der Waals surface area contributed by atoms with Gasteiger partial charge in [0.2, 0.25) is 0 Å². The van der Waals surface area contributed by atoms with Gasteiger partial charge in [0.05, 0.1) is 12.1 Å². The molecule has 0 saturated heterocycles. The fourth-order valence-electron chi connectivity index (χ4n) is 2.00. The summed E-state index contributed by atoms with van der Waals surface area (Å²) < 4.78 is 0. The molecule has 104 valence electrons. The van der Waals surface area contributed by atoms with Gasteiger partial charge in [0.15, 0.2) is 0 Å². The van der Waals surface area contributed by atoms with Crippen LogP contribution in [0, 0.1) is 13.8 Å². The van der Waals surface area contributed by atoms with Crippen LogP contribution < -0.4 is 5.73 Å². The van der Waals surface area contributed by atoms with Gasteiger partial charge in [-0.05, 0) is 37.0 Å². The van der Waals surface area contributed by atoms with E-state index >= 15 is 0 Å². The zero-order valence-corrected chi connectivity index (χ0v) is 12.1. The number of aliphatic hydroxyl groups excluding tert-OH is 1. The number of phenolic OH excluding ortho intramolecular Hbond substituents is 1. The van der Waals surface area contributed by atoms with E-state index in [9.17, 15) is 10.2 Å². The van der Waals surface area contributed by atoms with Gasteiger partial charge in [0.25, 0.3) is 0 Å². The molecule has 0 bridgehead atoms. The van der Waals surface area contributed by atoms with Crippen molar-refractivity contribution in [2.75, 3.05) is 0 Å². The van der Waals surface area contributed by atoms with E-state index in [-0.39, 0.29) is 18.4 Å². The van der Waals surface area contributed by atoms with Crippen molar-refractivity contribution in [2.24, 2.45) is 5.73 Å². The van der Waals surface area contributed by atoms with Crippen molar-refractivity contribution in [3.63, 3.8) is 0 Å². The molecule has 4 heteroatoms. The predicted octanol–water partition coefficient (Wildman–Crippen LogP) is 2.98. The first-order valence-corrected chi connectivity index (χ1v) is 6.21. The van der Waals surface area contributed by atoms with Crippen LogP contribution in [0.25, 0.3) is 0 Å². The minimum Gasteiger partial charge on any atom is -0.507 e. The molecule has 18 heavy (non-hydrogen) atoms. The molecule has 0 saturated carbocycles. The average Bonchev–Trinajstić information content (AvgIpc) is 2.31. The lowest BCUT2D eigenvalue weighted by atomic mass is 9.95. The summed E-state index contributed by atoms with van der Waals surface area (Å²) in [7, 11) is 0. The second-order valence-electron chi connectivity index (χ2n) is 4.74. The zero-order valence-electron chi connectivity index (χ0n) is 11.3. The van der Waals surface area contributed by atoms with Crippen LogP contribution >= 0.6 is 12.4 Å². The lowest BCUT2D eigenvalue weighted by Crippen LogP contribution is -2.26. The van der Waals surface area contributed by atoms with E-state index < -0.39 is 6.10 Å². The van der Waals surface area contributed by atoms with Crippen molar-refractivity contribution in [1.82, 2.24) is 0 Å². The molecular weight excluding hydrogens is 250 g/mol. The van der Waals surface area contributed by atoms with E-state index in [0.717, 1.165) is 36.0 Å². The Labute approximate surface area is 115 Å². The van der Waals surface area contributed by atoms with Crippen LogP contribution in [0.1, 0.15) is 48.9 Å². The number of aliphatic hydroxyl groups is 1. The van der Waals surface area contributed by atoms with Crippen LogP contribution in [0.15, 0.2) is 12.1 Å². The number of hydrogen-bond donors (Lipinski definition) is 3. The van der Waals surface area contributed by atoms with Gasteiger partial charge in [-0.25, -0.2) is 0 Å². The minimum atomic E-state index is -0.515. The summed E-state index contributed by atoms with van der Waals surface area (Å²) in [4.78, 5) is 0. The Morgan fingerprint density at radius 2 is 1.72 bits per heavy atom. The van der Waals surface area contributed by atoms with Gasteiger partial charge in [-0.3, -0.25) is 0 Å². The van der Waals surface area contributed by atoms with Crippen molar-refractivity contribution >= 4 is 12.4 Å². The van der Waals surface area contributed by atoms with Gasteiger partial charge in [0.1, 0.15) is 5.75 Å². The molecule has 1 aromatic rings. The Bertz CT molecular complexity index is 359. The lowest BCUT2D eigenvalue weighted by Gasteiger charge is -2.20. The van der Waals surface area contributed by atoms with Gasteiger partial charge in [-0.1, -0.05) is 31.9 Å². The largest absolute Gasteiger partial charge is 0.507 e. The predicted molar refractivity (Wildman–Crippen MR) is 77.3 cm³/mol. The second-order valence-corrected chi connectivity index (χ2v) is 4.74. The topological polar surface area (TPSA) is 66.5 Å². The lowest BCUT2D eigenvalue weighted by molar-refractivity contribution is 0.132. The zero-order chi connectivity index (χ0) is 13.0. The number of aryl methyl sites for hydroxylation is 2. The number of benzene rings is 1. The molecule has 0 amide bonds. The summed E-state index contributed by atoms with van der Waals surface area (Å²) >= 11 is 0. The summed E-state index contributed by atoms with van der Waals surface area (Å²) in [6, 6.07) is 3.32. The van der Waals surface area contributed by atoms with E-state index in [1.165, 1.54) is 0 Å². The summed E-state index contributed by atoms with van der Waals surface area (Å²) in [5, 5.41) is 19.7. The van der Waals surface area contributed by atoms with Gasteiger partial charge in [0, 0.05) is 0 Å². The maximum Gasteiger partial charge on any atom is 0.121 e. The molecule has 0 aliphatic rings. The number of rotatable bonds is 5. The molecule has 0 aromatic heterocycles. The highest BCUT2D eigenvalue weighted by atomic mass is 35.5. The molecule has 3 nitrogen and oxygen atoms in total. The molecule has 2 atom stereocenters. The molecule has 1 aromatic carbocycles. The van der Waals surface area contributed by atoms with E-state index in [2.05, 4.69) is 6.92 Å².